The molecule has 26 heavy (non-hydrogen) atoms. The summed E-state index contributed by atoms with van der Waals surface area (Å²) in [4.78, 5) is 24.3. The Balaban J connectivity index is 1.70. The van der Waals surface area contributed by atoms with Gasteiger partial charge in [-0.1, -0.05) is 18.2 Å². The highest BCUT2D eigenvalue weighted by molar-refractivity contribution is 5.81. The van der Waals surface area contributed by atoms with E-state index in [-0.39, 0.29) is 18.9 Å². The lowest BCUT2D eigenvalue weighted by Gasteiger charge is -2.11. The second-order valence-electron chi connectivity index (χ2n) is 5.73. The molecule has 1 aromatic heterocycles. The fourth-order valence-corrected chi connectivity index (χ4v) is 2.66. The third-order valence-corrected chi connectivity index (χ3v) is 4.03. The molecule has 3 aromatic rings. The zero-order valence-corrected chi connectivity index (χ0v) is 14.6. The Labute approximate surface area is 150 Å². The van der Waals surface area contributed by atoms with Gasteiger partial charge < -0.3 is 19.2 Å². The van der Waals surface area contributed by atoms with Crippen LogP contribution in [0.3, 0.4) is 0 Å². The number of para-hydroxylation sites is 1. The number of fused-ring (bicyclic) bond motifs is 1. The van der Waals surface area contributed by atoms with Crippen molar-refractivity contribution in [2.45, 2.75) is 13.0 Å². The van der Waals surface area contributed by atoms with Crippen LogP contribution in [-0.4, -0.2) is 20.1 Å². The van der Waals surface area contributed by atoms with Crippen LogP contribution < -0.4 is 20.4 Å². The van der Waals surface area contributed by atoms with Gasteiger partial charge in [-0.05, 0) is 24.3 Å². The molecule has 6 heteroatoms. The molecule has 0 aliphatic heterocycles. The van der Waals surface area contributed by atoms with Crippen LogP contribution in [0.4, 0.5) is 0 Å². The van der Waals surface area contributed by atoms with Gasteiger partial charge in [0.25, 0.3) is 0 Å². The van der Waals surface area contributed by atoms with Gasteiger partial charge >= 0.3 is 5.63 Å². The Bertz CT molecular complexity index is 993. The summed E-state index contributed by atoms with van der Waals surface area (Å²) in [7, 11) is 3.13. The lowest BCUT2D eigenvalue weighted by atomic mass is 10.1. The summed E-state index contributed by atoms with van der Waals surface area (Å²) < 4.78 is 15.7. The lowest BCUT2D eigenvalue weighted by molar-refractivity contribution is -0.120. The molecule has 0 bridgehead atoms. The van der Waals surface area contributed by atoms with Crippen molar-refractivity contribution in [3.8, 4) is 11.5 Å². The van der Waals surface area contributed by atoms with E-state index in [9.17, 15) is 9.59 Å². The summed E-state index contributed by atoms with van der Waals surface area (Å²) in [6, 6.07) is 14.2. The molecule has 0 spiro atoms. The number of carbonyl (C=O) groups is 1. The number of nitrogens with one attached hydrogen (secondary N) is 1. The summed E-state index contributed by atoms with van der Waals surface area (Å²) in [6.45, 7) is 0.283. The van der Waals surface area contributed by atoms with E-state index in [1.807, 2.05) is 18.2 Å². The topological polar surface area (TPSA) is 77.8 Å². The van der Waals surface area contributed by atoms with E-state index in [1.165, 1.54) is 0 Å². The normalized spacial score (nSPS) is 10.5. The molecule has 0 unspecified atom stereocenters. The fraction of sp³-hybridized carbons (Fsp3) is 0.200. The maximum Gasteiger partial charge on any atom is 0.339 e. The monoisotopic (exact) mass is 353 g/mol. The predicted molar refractivity (Wildman–Crippen MR) is 97.6 cm³/mol. The minimum Gasteiger partial charge on any atom is -0.497 e. The van der Waals surface area contributed by atoms with Crippen LogP contribution in [-0.2, 0) is 17.8 Å². The number of carbonyl (C=O) groups excluding carboxylic acids is 1. The molecule has 2 aromatic carbocycles. The highest BCUT2D eigenvalue weighted by Gasteiger charge is 2.11. The zero-order valence-electron chi connectivity index (χ0n) is 14.6. The van der Waals surface area contributed by atoms with Gasteiger partial charge in [-0.3, -0.25) is 4.79 Å². The Hall–Kier alpha value is -3.28. The molecule has 6 nitrogen and oxygen atoms in total. The van der Waals surface area contributed by atoms with Crippen molar-refractivity contribution in [3.05, 3.63) is 70.1 Å². The molecule has 3 rings (SSSR count). The van der Waals surface area contributed by atoms with Crippen LogP contribution in [0, 0.1) is 0 Å². The smallest absolute Gasteiger partial charge is 0.339 e. The number of amides is 1. The first-order valence-corrected chi connectivity index (χ1v) is 8.10. The van der Waals surface area contributed by atoms with Crippen LogP contribution in [0.2, 0.25) is 0 Å². The van der Waals surface area contributed by atoms with Gasteiger partial charge in [0.05, 0.1) is 20.6 Å². The minimum atomic E-state index is -0.499. The zero-order chi connectivity index (χ0) is 18.5. The quantitative estimate of drug-likeness (QED) is 0.690. The first-order chi connectivity index (χ1) is 12.6. The van der Waals surface area contributed by atoms with Crippen LogP contribution in [0.15, 0.2) is 57.7 Å². The predicted octanol–water partition coefficient (Wildman–Crippen LogP) is 2.67. The van der Waals surface area contributed by atoms with Gasteiger partial charge in [-0.25, -0.2) is 4.79 Å². The van der Waals surface area contributed by atoms with E-state index in [4.69, 9.17) is 13.9 Å². The molecule has 0 saturated carbocycles. The van der Waals surface area contributed by atoms with Gasteiger partial charge in [0.1, 0.15) is 17.1 Å². The van der Waals surface area contributed by atoms with Crippen molar-refractivity contribution in [1.82, 2.24) is 5.32 Å². The lowest BCUT2D eigenvalue weighted by Crippen LogP contribution is -2.26. The number of ether oxygens (including phenoxy) is 2. The summed E-state index contributed by atoms with van der Waals surface area (Å²) in [5.74, 6) is 1.02. The maximum atomic E-state index is 12.2. The molecule has 0 atom stereocenters. The standard InChI is InChI=1S/C20H19NO5/c1-24-16-8-7-14(18(11-16)25-2)12-21-19(22)10-15-9-13-5-3-4-6-17(13)26-20(15)23/h3-9,11H,10,12H2,1-2H3,(H,21,22). The molecule has 0 saturated heterocycles. The van der Waals surface area contributed by atoms with Crippen molar-refractivity contribution >= 4 is 16.9 Å². The van der Waals surface area contributed by atoms with E-state index < -0.39 is 5.63 Å². The van der Waals surface area contributed by atoms with Gasteiger partial charge in [0.2, 0.25) is 5.91 Å². The van der Waals surface area contributed by atoms with E-state index in [1.54, 1.807) is 44.6 Å². The average molecular weight is 353 g/mol. The molecule has 0 fully saturated rings. The summed E-state index contributed by atoms with van der Waals surface area (Å²) in [6.07, 6.45) is -0.0500. The number of hydrogen-bond donors (Lipinski definition) is 1. The van der Waals surface area contributed by atoms with E-state index >= 15 is 0 Å². The molecule has 0 aliphatic carbocycles. The summed E-state index contributed by atoms with van der Waals surface area (Å²) in [5.41, 5.74) is 1.14. The Morgan fingerprint density at radius 3 is 2.62 bits per heavy atom. The van der Waals surface area contributed by atoms with Crippen molar-refractivity contribution in [3.63, 3.8) is 0 Å². The number of rotatable bonds is 6. The number of methoxy groups -OCH3 is 2. The van der Waals surface area contributed by atoms with Crippen molar-refractivity contribution in [2.75, 3.05) is 14.2 Å². The molecule has 1 heterocycles. The van der Waals surface area contributed by atoms with Crippen molar-refractivity contribution < 1.29 is 18.7 Å². The minimum absolute atomic E-state index is 0.0500. The first kappa shape index (κ1) is 17.5. The highest BCUT2D eigenvalue weighted by Crippen LogP contribution is 2.24. The number of hydrogen-bond acceptors (Lipinski definition) is 5. The molecule has 1 amide bonds. The van der Waals surface area contributed by atoms with E-state index in [2.05, 4.69) is 5.32 Å². The summed E-state index contributed by atoms with van der Waals surface area (Å²) in [5, 5.41) is 3.58. The van der Waals surface area contributed by atoms with E-state index in [0.717, 1.165) is 10.9 Å². The third-order valence-electron chi connectivity index (χ3n) is 4.03. The van der Waals surface area contributed by atoms with Crippen LogP contribution >= 0.6 is 0 Å². The average Bonchev–Trinajstić information content (AvgIpc) is 2.66. The largest absolute Gasteiger partial charge is 0.497 e. The molecular weight excluding hydrogens is 334 g/mol. The molecule has 0 radical (unpaired) electrons. The maximum absolute atomic E-state index is 12.2. The van der Waals surface area contributed by atoms with Gasteiger partial charge in [-0.15, -0.1) is 0 Å². The molecular formula is C20H19NO5. The van der Waals surface area contributed by atoms with Gasteiger partial charge in [0, 0.05) is 29.1 Å². The summed E-state index contributed by atoms with van der Waals surface area (Å²) >= 11 is 0. The second kappa shape index (κ2) is 7.74. The SMILES string of the molecule is COc1ccc(CNC(=O)Cc2cc3ccccc3oc2=O)c(OC)c1. The second-order valence-corrected chi connectivity index (χ2v) is 5.73. The Morgan fingerprint density at radius 2 is 1.85 bits per heavy atom. The first-order valence-electron chi connectivity index (χ1n) is 8.10. The van der Waals surface area contributed by atoms with Crippen LogP contribution in [0.5, 0.6) is 11.5 Å². The molecule has 134 valence electrons. The van der Waals surface area contributed by atoms with Crippen LogP contribution in [0.1, 0.15) is 11.1 Å². The Morgan fingerprint density at radius 1 is 1.04 bits per heavy atom. The highest BCUT2D eigenvalue weighted by atomic mass is 16.5. The van der Waals surface area contributed by atoms with Crippen molar-refractivity contribution in [1.29, 1.82) is 0 Å². The third kappa shape index (κ3) is 3.85. The molecule has 1 N–H and O–H groups in total. The van der Waals surface area contributed by atoms with Crippen LogP contribution in [0.25, 0.3) is 11.0 Å². The Kier molecular flexibility index (Phi) is 5.22. The number of benzene rings is 2. The van der Waals surface area contributed by atoms with Gasteiger partial charge in [0.15, 0.2) is 0 Å². The fourth-order valence-electron chi connectivity index (χ4n) is 2.66. The van der Waals surface area contributed by atoms with E-state index in [0.29, 0.717) is 22.6 Å². The van der Waals surface area contributed by atoms with Crippen molar-refractivity contribution in [2.24, 2.45) is 0 Å². The molecule has 0 aliphatic rings. The van der Waals surface area contributed by atoms with Gasteiger partial charge in [-0.2, -0.15) is 0 Å².